The van der Waals surface area contributed by atoms with Gasteiger partial charge >= 0.3 is 0 Å². The van der Waals surface area contributed by atoms with Gasteiger partial charge in [-0.25, -0.2) is 9.97 Å². The van der Waals surface area contributed by atoms with E-state index in [1.165, 1.54) is 5.56 Å². The van der Waals surface area contributed by atoms with Crippen molar-refractivity contribution in [2.24, 2.45) is 5.73 Å². The van der Waals surface area contributed by atoms with Crippen molar-refractivity contribution in [3.63, 3.8) is 0 Å². The van der Waals surface area contributed by atoms with Crippen LogP contribution in [0.4, 0.5) is 11.5 Å². The Morgan fingerprint density at radius 2 is 2.11 bits per heavy atom. The molecule has 0 atom stereocenters. The van der Waals surface area contributed by atoms with E-state index in [1.807, 2.05) is 12.1 Å². The van der Waals surface area contributed by atoms with Crippen molar-refractivity contribution in [3.05, 3.63) is 47.9 Å². The lowest BCUT2D eigenvalue weighted by Crippen LogP contribution is -2.01. The summed E-state index contributed by atoms with van der Waals surface area (Å²) in [6.45, 7) is 2.81. The van der Waals surface area contributed by atoms with Gasteiger partial charge in [-0.2, -0.15) is 0 Å². The Morgan fingerprint density at radius 1 is 1.21 bits per heavy atom. The maximum Gasteiger partial charge on any atom is 0.133 e. The Labute approximate surface area is 114 Å². The highest BCUT2D eigenvalue weighted by atomic mass is 15.0. The molecule has 1 aromatic carbocycles. The van der Waals surface area contributed by atoms with E-state index in [0.717, 1.165) is 43.0 Å². The summed E-state index contributed by atoms with van der Waals surface area (Å²) in [5.74, 6) is 0.836. The third-order valence-electron chi connectivity index (χ3n) is 2.95. The quantitative estimate of drug-likeness (QED) is 0.834. The topological polar surface area (TPSA) is 63.8 Å². The van der Waals surface area contributed by atoms with Gasteiger partial charge in [-0.15, -0.1) is 0 Å². The monoisotopic (exact) mass is 256 g/mol. The Hall–Kier alpha value is -1.94. The second-order valence-corrected chi connectivity index (χ2v) is 4.47. The van der Waals surface area contributed by atoms with Crippen molar-refractivity contribution in [2.75, 3.05) is 11.9 Å². The SMILES string of the molecule is CCc1cc(Nc2cccc(CCCN)c2)ncn1. The normalized spacial score (nSPS) is 10.4. The minimum Gasteiger partial charge on any atom is -0.340 e. The van der Waals surface area contributed by atoms with Crippen molar-refractivity contribution in [1.82, 2.24) is 9.97 Å². The number of rotatable bonds is 6. The predicted octanol–water partition coefficient (Wildman–Crippen LogP) is 2.67. The van der Waals surface area contributed by atoms with E-state index < -0.39 is 0 Å². The molecule has 0 bridgehead atoms. The third kappa shape index (κ3) is 4.03. The van der Waals surface area contributed by atoms with Crippen molar-refractivity contribution >= 4 is 11.5 Å². The molecule has 100 valence electrons. The number of nitrogens with two attached hydrogens (primary N) is 1. The molecule has 3 N–H and O–H groups in total. The maximum absolute atomic E-state index is 5.54. The molecular weight excluding hydrogens is 236 g/mol. The van der Waals surface area contributed by atoms with Crippen LogP contribution in [0.5, 0.6) is 0 Å². The number of nitrogens with one attached hydrogen (secondary N) is 1. The summed E-state index contributed by atoms with van der Waals surface area (Å²) in [4.78, 5) is 8.42. The second-order valence-electron chi connectivity index (χ2n) is 4.47. The van der Waals surface area contributed by atoms with Crippen LogP contribution in [0.15, 0.2) is 36.7 Å². The Bertz CT molecular complexity index is 525. The van der Waals surface area contributed by atoms with E-state index in [9.17, 15) is 0 Å². The third-order valence-corrected chi connectivity index (χ3v) is 2.95. The molecule has 0 radical (unpaired) electrons. The minimum atomic E-state index is 0.726. The highest BCUT2D eigenvalue weighted by Gasteiger charge is 2.00. The van der Waals surface area contributed by atoms with Gasteiger partial charge < -0.3 is 11.1 Å². The molecule has 2 aromatic rings. The lowest BCUT2D eigenvalue weighted by molar-refractivity contribution is 0.833. The second kappa shape index (κ2) is 6.85. The molecule has 1 heterocycles. The lowest BCUT2D eigenvalue weighted by Gasteiger charge is -2.08. The minimum absolute atomic E-state index is 0.726. The molecule has 0 spiro atoms. The van der Waals surface area contributed by atoms with Crippen LogP contribution in [0.25, 0.3) is 0 Å². The first kappa shape index (κ1) is 13.5. The molecule has 0 amide bonds. The van der Waals surface area contributed by atoms with Gasteiger partial charge in [0.1, 0.15) is 12.1 Å². The summed E-state index contributed by atoms with van der Waals surface area (Å²) in [5, 5.41) is 3.31. The van der Waals surface area contributed by atoms with Crippen LogP contribution in [0.2, 0.25) is 0 Å². The summed E-state index contributed by atoms with van der Waals surface area (Å²) in [7, 11) is 0. The van der Waals surface area contributed by atoms with Gasteiger partial charge in [0, 0.05) is 17.4 Å². The van der Waals surface area contributed by atoms with Gasteiger partial charge in [-0.05, 0) is 43.5 Å². The number of nitrogens with zero attached hydrogens (tertiary/aromatic N) is 2. The molecule has 0 saturated carbocycles. The molecule has 0 unspecified atom stereocenters. The molecule has 4 nitrogen and oxygen atoms in total. The van der Waals surface area contributed by atoms with E-state index in [1.54, 1.807) is 6.33 Å². The van der Waals surface area contributed by atoms with E-state index in [2.05, 4.69) is 40.4 Å². The maximum atomic E-state index is 5.54. The van der Waals surface area contributed by atoms with Gasteiger partial charge in [-0.3, -0.25) is 0 Å². The zero-order valence-electron chi connectivity index (χ0n) is 11.3. The first-order chi connectivity index (χ1) is 9.31. The highest BCUT2D eigenvalue weighted by molar-refractivity contribution is 5.57. The number of anilines is 2. The van der Waals surface area contributed by atoms with E-state index in [-0.39, 0.29) is 0 Å². The number of aryl methyl sites for hydroxylation is 2. The molecule has 0 saturated heterocycles. The first-order valence-electron chi connectivity index (χ1n) is 6.68. The average Bonchev–Trinajstić information content (AvgIpc) is 2.46. The number of benzene rings is 1. The lowest BCUT2D eigenvalue weighted by atomic mass is 10.1. The molecule has 0 aliphatic heterocycles. The van der Waals surface area contributed by atoms with Crippen LogP contribution in [-0.2, 0) is 12.8 Å². The first-order valence-corrected chi connectivity index (χ1v) is 6.68. The summed E-state index contributed by atoms with van der Waals surface area (Å²) in [6, 6.07) is 10.3. The molecule has 2 rings (SSSR count). The van der Waals surface area contributed by atoms with Crippen molar-refractivity contribution < 1.29 is 0 Å². The fourth-order valence-corrected chi connectivity index (χ4v) is 1.92. The van der Waals surface area contributed by atoms with Crippen LogP contribution in [0.1, 0.15) is 24.6 Å². The standard InChI is InChI=1S/C15H20N4/c1-2-13-10-15(18-11-17-13)19-14-7-3-5-12(9-14)6-4-8-16/h3,5,7,9-11H,2,4,6,8,16H2,1H3,(H,17,18,19). The highest BCUT2D eigenvalue weighted by Crippen LogP contribution is 2.17. The molecular formula is C15H20N4. The van der Waals surface area contributed by atoms with Crippen LogP contribution in [-0.4, -0.2) is 16.5 Å². The number of aromatic nitrogens is 2. The van der Waals surface area contributed by atoms with Gasteiger partial charge in [0.05, 0.1) is 0 Å². The van der Waals surface area contributed by atoms with Gasteiger partial charge in [0.25, 0.3) is 0 Å². The average molecular weight is 256 g/mol. The zero-order chi connectivity index (χ0) is 13.5. The fourth-order valence-electron chi connectivity index (χ4n) is 1.92. The van der Waals surface area contributed by atoms with Crippen molar-refractivity contribution in [2.45, 2.75) is 26.2 Å². The summed E-state index contributed by atoms with van der Waals surface area (Å²) >= 11 is 0. The Morgan fingerprint density at radius 3 is 2.89 bits per heavy atom. The Balaban J connectivity index is 2.09. The van der Waals surface area contributed by atoms with Crippen molar-refractivity contribution in [3.8, 4) is 0 Å². The molecule has 1 aromatic heterocycles. The van der Waals surface area contributed by atoms with Crippen molar-refractivity contribution in [1.29, 1.82) is 0 Å². The molecule has 0 fully saturated rings. The smallest absolute Gasteiger partial charge is 0.133 e. The van der Waals surface area contributed by atoms with Gasteiger partial charge in [-0.1, -0.05) is 19.1 Å². The van der Waals surface area contributed by atoms with Crippen LogP contribution in [0, 0.1) is 0 Å². The molecule has 4 heteroatoms. The fraction of sp³-hybridized carbons (Fsp3) is 0.333. The van der Waals surface area contributed by atoms with Gasteiger partial charge in [0.15, 0.2) is 0 Å². The predicted molar refractivity (Wildman–Crippen MR) is 78.5 cm³/mol. The van der Waals surface area contributed by atoms with E-state index in [4.69, 9.17) is 5.73 Å². The summed E-state index contributed by atoms with van der Waals surface area (Å²) in [5.41, 5.74) is 8.92. The molecule has 19 heavy (non-hydrogen) atoms. The summed E-state index contributed by atoms with van der Waals surface area (Å²) < 4.78 is 0. The van der Waals surface area contributed by atoms with Crippen LogP contribution >= 0.6 is 0 Å². The van der Waals surface area contributed by atoms with Crippen LogP contribution < -0.4 is 11.1 Å². The van der Waals surface area contributed by atoms with E-state index >= 15 is 0 Å². The Kier molecular flexibility index (Phi) is 4.86. The van der Waals surface area contributed by atoms with Gasteiger partial charge in [0.2, 0.25) is 0 Å². The molecule has 0 aliphatic rings. The summed E-state index contributed by atoms with van der Waals surface area (Å²) in [6.07, 6.45) is 4.53. The van der Waals surface area contributed by atoms with E-state index in [0.29, 0.717) is 0 Å². The zero-order valence-corrected chi connectivity index (χ0v) is 11.3. The number of hydrogen-bond acceptors (Lipinski definition) is 4. The largest absolute Gasteiger partial charge is 0.340 e. The molecule has 0 aliphatic carbocycles. The van der Waals surface area contributed by atoms with Crippen LogP contribution in [0.3, 0.4) is 0 Å². The number of hydrogen-bond donors (Lipinski definition) is 2.